The van der Waals surface area contributed by atoms with Crippen LogP contribution in [0.1, 0.15) is 19.4 Å². The highest BCUT2D eigenvalue weighted by Gasteiger charge is 2.39. The summed E-state index contributed by atoms with van der Waals surface area (Å²) in [5, 5.41) is 6.26. The highest BCUT2D eigenvalue weighted by Crippen LogP contribution is 2.33. The largest absolute Gasteiger partial charge is 0.368 e. The van der Waals surface area contributed by atoms with Crippen LogP contribution in [0.3, 0.4) is 0 Å². The van der Waals surface area contributed by atoms with E-state index in [-0.39, 0.29) is 18.0 Å². The van der Waals surface area contributed by atoms with E-state index in [1.165, 1.54) is 0 Å². The van der Waals surface area contributed by atoms with Gasteiger partial charge in [0.15, 0.2) is 0 Å². The number of nitrogens with one attached hydrogen (secondary N) is 2. The number of pyridine rings is 1. The Morgan fingerprint density at radius 3 is 2.66 bits per heavy atom. The maximum Gasteiger partial charge on any atom is 0.246 e. The Kier molecular flexibility index (Phi) is 5.42. The zero-order chi connectivity index (χ0) is 22.2. The van der Waals surface area contributed by atoms with Gasteiger partial charge in [0.2, 0.25) is 11.9 Å². The van der Waals surface area contributed by atoms with Crippen molar-refractivity contribution in [3.8, 4) is 0 Å². The van der Waals surface area contributed by atoms with Crippen LogP contribution >= 0.6 is 0 Å². The number of piperazine rings is 2. The second-order valence-electron chi connectivity index (χ2n) is 9.06. The lowest BCUT2D eigenvalue weighted by atomic mass is 9.94. The summed E-state index contributed by atoms with van der Waals surface area (Å²) in [7, 11) is 2.15. The average Bonchev–Trinajstić information content (AvgIpc) is 2.80. The predicted octanol–water partition coefficient (Wildman–Crippen LogP) is 1.72. The Hall–Kier alpha value is -3.20. The third kappa shape index (κ3) is 3.88. The fourth-order valence-corrected chi connectivity index (χ4v) is 4.55. The summed E-state index contributed by atoms with van der Waals surface area (Å²) in [4.78, 5) is 33.2. The molecular weight excluding hydrogens is 404 g/mol. The second-order valence-corrected chi connectivity index (χ2v) is 9.06. The van der Waals surface area contributed by atoms with E-state index in [4.69, 9.17) is 4.98 Å². The standard InChI is InChI=1S/C23H30N8O/c1-15(2)19-14-25-22(32)18-6-4-16-12-26-23(28-21(16)31(18)19)27-20-7-5-17(13-24-20)30-10-8-29(3)9-11-30/h4-7,12-13,15,18-19H,8-11,14H2,1-3H3,(H,25,32)(H,24,26,27,28)/t18?,19-/m1/s1. The molecule has 2 aromatic rings. The molecular formula is C23H30N8O. The quantitative estimate of drug-likeness (QED) is 0.752. The summed E-state index contributed by atoms with van der Waals surface area (Å²) >= 11 is 0. The molecule has 5 rings (SSSR count). The van der Waals surface area contributed by atoms with E-state index in [0.29, 0.717) is 24.2 Å². The van der Waals surface area contributed by atoms with Crippen molar-refractivity contribution in [3.05, 3.63) is 36.2 Å². The minimum absolute atomic E-state index is 0.0121. The number of anilines is 4. The number of carbonyl (C=O) groups is 1. The van der Waals surface area contributed by atoms with Crippen LogP contribution in [0.5, 0.6) is 0 Å². The first-order valence-electron chi connectivity index (χ1n) is 11.3. The molecule has 2 aromatic heterocycles. The molecule has 0 spiro atoms. The molecule has 0 bridgehead atoms. The van der Waals surface area contributed by atoms with Crippen LogP contribution in [-0.4, -0.2) is 77.6 Å². The number of hydrogen-bond acceptors (Lipinski definition) is 8. The third-order valence-electron chi connectivity index (χ3n) is 6.54. The lowest BCUT2D eigenvalue weighted by molar-refractivity contribution is -0.122. The molecule has 3 aliphatic heterocycles. The fourth-order valence-electron chi connectivity index (χ4n) is 4.55. The van der Waals surface area contributed by atoms with E-state index < -0.39 is 0 Å². The van der Waals surface area contributed by atoms with Crippen molar-refractivity contribution in [1.82, 2.24) is 25.2 Å². The highest BCUT2D eigenvalue weighted by atomic mass is 16.2. The molecule has 0 radical (unpaired) electrons. The van der Waals surface area contributed by atoms with E-state index in [2.05, 4.69) is 62.3 Å². The lowest BCUT2D eigenvalue weighted by Gasteiger charge is -2.45. The molecule has 1 amide bonds. The number of likely N-dealkylation sites (N-methyl/N-ethyl adjacent to an activating group) is 1. The summed E-state index contributed by atoms with van der Waals surface area (Å²) in [5.41, 5.74) is 2.05. The van der Waals surface area contributed by atoms with Gasteiger partial charge in [-0.05, 0) is 25.1 Å². The van der Waals surface area contributed by atoms with Crippen LogP contribution in [0.15, 0.2) is 30.6 Å². The van der Waals surface area contributed by atoms with Gasteiger partial charge in [-0.25, -0.2) is 9.97 Å². The number of rotatable bonds is 4. The van der Waals surface area contributed by atoms with Crippen LogP contribution in [0, 0.1) is 5.92 Å². The minimum atomic E-state index is -0.340. The molecule has 32 heavy (non-hydrogen) atoms. The van der Waals surface area contributed by atoms with Gasteiger partial charge in [0.05, 0.1) is 17.9 Å². The summed E-state index contributed by atoms with van der Waals surface area (Å²) in [5.74, 6) is 2.34. The molecule has 2 N–H and O–H groups in total. The lowest BCUT2D eigenvalue weighted by Crippen LogP contribution is -2.62. The predicted molar refractivity (Wildman–Crippen MR) is 126 cm³/mol. The SMILES string of the molecule is CC(C)[C@H]1CNC(=O)C2C=Cc3cnc(Nc4ccc(N5CCN(C)CC5)cn4)nc3N21. The minimum Gasteiger partial charge on any atom is -0.368 e. The van der Waals surface area contributed by atoms with Crippen LogP contribution in [0.2, 0.25) is 0 Å². The van der Waals surface area contributed by atoms with Crippen LogP contribution < -0.4 is 20.4 Å². The topological polar surface area (TPSA) is 89.5 Å². The Morgan fingerprint density at radius 2 is 1.94 bits per heavy atom. The van der Waals surface area contributed by atoms with Crippen LogP contribution in [0.25, 0.3) is 6.08 Å². The first kappa shape index (κ1) is 20.7. The Morgan fingerprint density at radius 1 is 1.12 bits per heavy atom. The molecule has 2 saturated heterocycles. The summed E-state index contributed by atoms with van der Waals surface area (Å²) in [6.07, 6.45) is 7.57. The van der Waals surface area contributed by atoms with Gasteiger partial charge in [0, 0.05) is 44.5 Å². The van der Waals surface area contributed by atoms with Crippen molar-refractivity contribution in [2.45, 2.75) is 25.9 Å². The molecule has 2 atom stereocenters. The Bertz CT molecular complexity index is 1010. The van der Waals surface area contributed by atoms with Crippen LogP contribution in [0.4, 0.5) is 23.3 Å². The van der Waals surface area contributed by atoms with Gasteiger partial charge in [-0.2, -0.15) is 4.98 Å². The summed E-state index contributed by atoms with van der Waals surface area (Å²) < 4.78 is 0. The second kappa shape index (κ2) is 8.38. The van der Waals surface area contributed by atoms with Crippen LogP contribution in [-0.2, 0) is 4.79 Å². The molecule has 2 fully saturated rings. The van der Waals surface area contributed by atoms with E-state index >= 15 is 0 Å². The zero-order valence-corrected chi connectivity index (χ0v) is 18.8. The molecule has 5 heterocycles. The highest BCUT2D eigenvalue weighted by molar-refractivity contribution is 5.92. The van der Waals surface area contributed by atoms with Crippen molar-refractivity contribution in [2.24, 2.45) is 5.92 Å². The molecule has 0 saturated carbocycles. The average molecular weight is 435 g/mol. The van der Waals surface area contributed by atoms with Crippen molar-refractivity contribution < 1.29 is 4.79 Å². The summed E-state index contributed by atoms with van der Waals surface area (Å²) in [6.45, 7) is 9.09. The Labute approximate surface area is 188 Å². The molecule has 9 heteroatoms. The number of hydrogen-bond donors (Lipinski definition) is 2. The smallest absolute Gasteiger partial charge is 0.246 e. The van der Waals surface area contributed by atoms with Gasteiger partial charge >= 0.3 is 0 Å². The van der Waals surface area contributed by atoms with Crippen molar-refractivity contribution >= 4 is 35.3 Å². The van der Waals surface area contributed by atoms with Gasteiger partial charge in [0.1, 0.15) is 17.7 Å². The molecule has 3 aliphatic rings. The van der Waals surface area contributed by atoms with Gasteiger partial charge in [-0.1, -0.05) is 26.0 Å². The number of aromatic nitrogens is 3. The Balaban J connectivity index is 1.36. The van der Waals surface area contributed by atoms with Crippen molar-refractivity contribution in [1.29, 1.82) is 0 Å². The van der Waals surface area contributed by atoms with Gasteiger partial charge in [-0.3, -0.25) is 4.79 Å². The van der Waals surface area contributed by atoms with Gasteiger partial charge < -0.3 is 25.3 Å². The normalized spacial score (nSPS) is 23.1. The van der Waals surface area contributed by atoms with Crippen molar-refractivity contribution in [3.63, 3.8) is 0 Å². The zero-order valence-electron chi connectivity index (χ0n) is 18.8. The fraction of sp³-hybridized carbons (Fsp3) is 0.478. The van der Waals surface area contributed by atoms with Crippen molar-refractivity contribution in [2.75, 3.05) is 54.9 Å². The number of nitrogens with zero attached hydrogens (tertiary/aromatic N) is 6. The maximum atomic E-state index is 12.5. The summed E-state index contributed by atoms with van der Waals surface area (Å²) in [6, 6.07) is 3.88. The first-order valence-corrected chi connectivity index (χ1v) is 11.3. The molecule has 9 nitrogen and oxygen atoms in total. The van der Waals surface area contributed by atoms with Gasteiger partial charge in [0.25, 0.3) is 0 Å². The first-order chi connectivity index (χ1) is 15.5. The number of amides is 1. The van der Waals surface area contributed by atoms with E-state index in [1.807, 2.05) is 24.4 Å². The van der Waals surface area contributed by atoms with Gasteiger partial charge in [-0.15, -0.1) is 0 Å². The van der Waals surface area contributed by atoms with E-state index in [1.54, 1.807) is 6.20 Å². The van der Waals surface area contributed by atoms with E-state index in [0.717, 1.165) is 43.2 Å². The third-order valence-corrected chi connectivity index (χ3v) is 6.54. The molecule has 0 aromatic carbocycles. The molecule has 0 aliphatic carbocycles. The molecule has 1 unspecified atom stereocenters. The number of carbonyl (C=O) groups excluding carboxylic acids is 1. The van der Waals surface area contributed by atoms with E-state index in [9.17, 15) is 4.79 Å². The number of fused-ring (bicyclic) bond motifs is 3. The monoisotopic (exact) mass is 434 g/mol. The molecule has 168 valence electrons. The maximum absolute atomic E-state index is 12.5.